The molecular formula is C38H44N4O7. The highest BCUT2D eigenvalue weighted by molar-refractivity contribution is 6.00. The minimum atomic E-state index is -0.818. The molecule has 0 bridgehead atoms. The van der Waals surface area contributed by atoms with Crippen LogP contribution in [0.3, 0.4) is 0 Å². The van der Waals surface area contributed by atoms with Crippen LogP contribution in [0, 0.1) is 0 Å². The van der Waals surface area contributed by atoms with E-state index in [-0.39, 0.29) is 31.4 Å². The molecule has 6 rings (SSSR count). The van der Waals surface area contributed by atoms with Crippen LogP contribution in [-0.2, 0) is 27.4 Å². The Bertz CT molecular complexity index is 1880. The Balaban J connectivity index is 1.08. The van der Waals surface area contributed by atoms with Gasteiger partial charge in [0, 0.05) is 25.7 Å². The zero-order valence-corrected chi connectivity index (χ0v) is 28.8. The number of ether oxygens (including phenoxy) is 2. The molecule has 2 saturated heterocycles. The SMILES string of the molecule is COc1ccc(CN2C(=O)CCC(n3c(=O)oc4cc(CN5CCC(c6ccc(N(C)C(=O)OC(C)(C)C)cc6)CC5)ccc43)C2=O)cc1. The lowest BCUT2D eigenvalue weighted by molar-refractivity contribution is -0.151. The van der Waals surface area contributed by atoms with Crippen LogP contribution in [-0.4, -0.2) is 65.1 Å². The van der Waals surface area contributed by atoms with Crippen molar-refractivity contribution in [2.75, 3.05) is 32.1 Å². The van der Waals surface area contributed by atoms with Gasteiger partial charge in [-0.3, -0.25) is 28.9 Å². The Morgan fingerprint density at radius 2 is 1.57 bits per heavy atom. The van der Waals surface area contributed by atoms with Crippen molar-refractivity contribution in [3.8, 4) is 5.75 Å². The molecule has 3 heterocycles. The van der Waals surface area contributed by atoms with Crippen molar-refractivity contribution in [2.45, 2.75) is 77.1 Å². The lowest BCUT2D eigenvalue weighted by Crippen LogP contribution is -2.46. The Hall–Kier alpha value is -4.90. The molecule has 4 aromatic rings. The van der Waals surface area contributed by atoms with Crippen molar-refractivity contribution in [2.24, 2.45) is 0 Å². The number of hydrogen-bond acceptors (Lipinski definition) is 8. The number of carbonyl (C=O) groups is 3. The number of hydrogen-bond donors (Lipinski definition) is 0. The minimum Gasteiger partial charge on any atom is -0.497 e. The van der Waals surface area contributed by atoms with Gasteiger partial charge in [0.1, 0.15) is 17.4 Å². The number of nitrogens with zero attached hydrogens (tertiary/aromatic N) is 4. The van der Waals surface area contributed by atoms with Crippen molar-refractivity contribution in [3.63, 3.8) is 0 Å². The van der Waals surface area contributed by atoms with E-state index in [2.05, 4.69) is 17.0 Å². The Labute approximate surface area is 286 Å². The Morgan fingerprint density at radius 1 is 0.898 bits per heavy atom. The van der Waals surface area contributed by atoms with Crippen molar-refractivity contribution in [3.05, 3.63) is 94.0 Å². The van der Waals surface area contributed by atoms with E-state index in [0.29, 0.717) is 29.3 Å². The number of piperidine rings is 2. The number of amides is 3. The predicted octanol–water partition coefficient (Wildman–Crippen LogP) is 6.24. The molecule has 0 spiro atoms. The van der Waals surface area contributed by atoms with Crippen molar-refractivity contribution in [1.82, 2.24) is 14.4 Å². The van der Waals surface area contributed by atoms with Crippen LogP contribution in [0.15, 0.2) is 75.9 Å². The lowest BCUT2D eigenvalue weighted by atomic mass is 9.89. The molecule has 11 nitrogen and oxygen atoms in total. The van der Waals surface area contributed by atoms with Gasteiger partial charge in [0.15, 0.2) is 5.58 Å². The lowest BCUT2D eigenvalue weighted by Gasteiger charge is -2.32. The van der Waals surface area contributed by atoms with E-state index in [0.717, 1.165) is 42.7 Å². The molecule has 0 radical (unpaired) electrons. The fraction of sp³-hybridized carbons (Fsp3) is 0.421. The first-order chi connectivity index (χ1) is 23.4. The largest absolute Gasteiger partial charge is 0.497 e. The van der Waals surface area contributed by atoms with Gasteiger partial charge in [0.05, 0.1) is 19.2 Å². The molecule has 0 saturated carbocycles. The summed E-state index contributed by atoms with van der Waals surface area (Å²) >= 11 is 0. The second-order valence-electron chi connectivity index (χ2n) is 13.9. The van der Waals surface area contributed by atoms with E-state index in [4.69, 9.17) is 13.9 Å². The second-order valence-corrected chi connectivity index (χ2v) is 13.9. The molecule has 1 atom stereocenters. The first kappa shape index (κ1) is 34.0. The van der Waals surface area contributed by atoms with Gasteiger partial charge in [-0.25, -0.2) is 9.59 Å². The molecular weight excluding hydrogens is 624 g/mol. The summed E-state index contributed by atoms with van der Waals surface area (Å²) in [6.07, 6.45) is 2.03. The highest BCUT2D eigenvalue weighted by Gasteiger charge is 2.37. The molecule has 11 heteroatoms. The molecule has 2 fully saturated rings. The number of imide groups is 1. The maximum Gasteiger partial charge on any atom is 0.420 e. The van der Waals surface area contributed by atoms with Crippen LogP contribution in [0.1, 0.15) is 75.1 Å². The predicted molar refractivity (Wildman–Crippen MR) is 186 cm³/mol. The molecule has 49 heavy (non-hydrogen) atoms. The quantitative estimate of drug-likeness (QED) is 0.203. The van der Waals surface area contributed by atoms with Crippen LogP contribution in [0.4, 0.5) is 10.5 Å². The molecule has 3 aromatic carbocycles. The number of fused-ring (bicyclic) bond motifs is 1. The van der Waals surface area contributed by atoms with Gasteiger partial charge in [-0.05, 0) is 112 Å². The molecule has 2 aliphatic heterocycles. The van der Waals surface area contributed by atoms with Gasteiger partial charge in [0.2, 0.25) is 5.91 Å². The number of anilines is 1. The van der Waals surface area contributed by atoms with Crippen molar-refractivity contribution < 1.29 is 28.3 Å². The maximum atomic E-state index is 13.6. The highest BCUT2D eigenvalue weighted by Crippen LogP contribution is 2.32. The third-order valence-corrected chi connectivity index (χ3v) is 9.39. The monoisotopic (exact) mass is 668 g/mol. The molecule has 0 aliphatic carbocycles. The minimum absolute atomic E-state index is 0.125. The summed E-state index contributed by atoms with van der Waals surface area (Å²) in [4.78, 5) is 57.1. The fourth-order valence-corrected chi connectivity index (χ4v) is 6.70. The summed E-state index contributed by atoms with van der Waals surface area (Å²) in [6.45, 7) is 8.23. The zero-order valence-electron chi connectivity index (χ0n) is 28.8. The smallest absolute Gasteiger partial charge is 0.420 e. The van der Waals surface area contributed by atoms with E-state index in [1.807, 2.05) is 63.2 Å². The standard InChI is InChI=1S/C38H44N4O7/c1-38(2,3)49-36(45)39(4)29-11-9-27(10-12-29)28-18-20-40(21-19-28)23-26-8-15-31-33(22-26)48-37(46)42(31)32-16-17-34(43)41(35(32)44)24-25-6-13-30(47-5)14-7-25/h6-15,22,28,32H,16-21,23-24H2,1-5H3. The number of benzene rings is 3. The number of oxazole rings is 1. The summed E-state index contributed by atoms with van der Waals surface area (Å²) in [5.41, 5.74) is 4.29. The average Bonchev–Trinajstić information content (AvgIpc) is 3.40. The third kappa shape index (κ3) is 7.57. The summed E-state index contributed by atoms with van der Waals surface area (Å²) in [6, 6.07) is 20.2. The molecule has 2 aliphatic rings. The average molecular weight is 669 g/mol. The van der Waals surface area contributed by atoms with Gasteiger partial charge < -0.3 is 13.9 Å². The fourth-order valence-electron chi connectivity index (χ4n) is 6.70. The molecule has 1 unspecified atom stereocenters. The molecule has 1 aromatic heterocycles. The number of likely N-dealkylation sites (tertiary alicyclic amines) is 2. The first-order valence-corrected chi connectivity index (χ1v) is 16.8. The van der Waals surface area contributed by atoms with Crippen LogP contribution >= 0.6 is 0 Å². The van der Waals surface area contributed by atoms with Gasteiger partial charge in [-0.1, -0.05) is 30.3 Å². The van der Waals surface area contributed by atoms with Crippen LogP contribution in [0.25, 0.3) is 11.1 Å². The second kappa shape index (κ2) is 13.9. The molecule has 3 amide bonds. The van der Waals surface area contributed by atoms with Crippen molar-refractivity contribution in [1.29, 1.82) is 0 Å². The first-order valence-electron chi connectivity index (χ1n) is 16.8. The van der Waals surface area contributed by atoms with Crippen LogP contribution < -0.4 is 15.4 Å². The van der Waals surface area contributed by atoms with Crippen LogP contribution in [0.5, 0.6) is 5.75 Å². The maximum absolute atomic E-state index is 13.6. The van der Waals surface area contributed by atoms with Gasteiger partial charge in [-0.2, -0.15) is 0 Å². The van der Waals surface area contributed by atoms with Crippen LogP contribution in [0.2, 0.25) is 0 Å². The van der Waals surface area contributed by atoms with E-state index in [1.165, 1.54) is 19.9 Å². The summed E-state index contributed by atoms with van der Waals surface area (Å²) in [5, 5.41) is 0. The van der Waals surface area contributed by atoms with E-state index in [1.54, 1.807) is 26.3 Å². The van der Waals surface area contributed by atoms with E-state index >= 15 is 0 Å². The highest BCUT2D eigenvalue weighted by atomic mass is 16.6. The summed E-state index contributed by atoms with van der Waals surface area (Å²) < 4.78 is 17.8. The third-order valence-electron chi connectivity index (χ3n) is 9.39. The normalized spacial score (nSPS) is 17.8. The Kier molecular flexibility index (Phi) is 9.65. The van der Waals surface area contributed by atoms with Gasteiger partial charge >= 0.3 is 11.8 Å². The topological polar surface area (TPSA) is 115 Å². The van der Waals surface area contributed by atoms with Crippen molar-refractivity contribution >= 4 is 34.7 Å². The summed E-state index contributed by atoms with van der Waals surface area (Å²) in [7, 11) is 3.30. The zero-order chi connectivity index (χ0) is 34.9. The Morgan fingerprint density at radius 3 is 2.22 bits per heavy atom. The number of rotatable bonds is 8. The number of methoxy groups -OCH3 is 1. The molecule has 0 N–H and O–H groups in total. The van der Waals surface area contributed by atoms with E-state index in [9.17, 15) is 19.2 Å². The summed E-state index contributed by atoms with van der Waals surface area (Å²) in [5.74, 6) is -0.156. The number of aromatic nitrogens is 1. The van der Waals surface area contributed by atoms with E-state index < -0.39 is 23.3 Å². The number of carbonyl (C=O) groups excluding carboxylic acids is 3. The van der Waals surface area contributed by atoms with Gasteiger partial charge in [0.25, 0.3) is 5.91 Å². The molecule has 258 valence electrons. The van der Waals surface area contributed by atoms with Gasteiger partial charge in [-0.15, -0.1) is 0 Å².